The van der Waals surface area contributed by atoms with Crippen molar-refractivity contribution in [3.8, 4) is 33.4 Å². The Morgan fingerprint density at radius 1 is 0.333 bits per heavy atom. The molecule has 9 aromatic carbocycles. The van der Waals surface area contributed by atoms with Crippen LogP contribution in [0.25, 0.3) is 102 Å². The van der Waals surface area contributed by atoms with E-state index in [0.717, 1.165) is 0 Å². The van der Waals surface area contributed by atoms with Gasteiger partial charge in [0.1, 0.15) is 0 Å². The molecule has 0 amide bonds. The van der Waals surface area contributed by atoms with Crippen LogP contribution in [0.3, 0.4) is 0 Å². The molecule has 0 unspecified atom stereocenters. The highest BCUT2D eigenvalue weighted by Crippen LogP contribution is 2.63. The molecular formula is C55H31NS. The maximum absolute atomic E-state index is 2.57. The first-order valence-electron chi connectivity index (χ1n) is 19.8. The summed E-state index contributed by atoms with van der Waals surface area (Å²) in [7, 11) is 0. The minimum Gasteiger partial charge on any atom is -0.308 e. The Bertz CT molecular complexity index is 3700. The van der Waals surface area contributed by atoms with Crippen LogP contribution in [0.5, 0.6) is 0 Å². The highest BCUT2D eigenvalue weighted by atomic mass is 32.1. The SMILES string of the molecule is c1ccc2c(c1)-c1ccccc1C21c2ccccc2-c2ccc(-c3ccc4c(c3)c3cccc5c6ccccc6c6cccc7sc8cccc(c8c76)n4c53)cc21. The van der Waals surface area contributed by atoms with Gasteiger partial charge in [0.15, 0.2) is 0 Å². The van der Waals surface area contributed by atoms with E-state index in [0.29, 0.717) is 0 Å². The molecule has 2 heteroatoms. The topological polar surface area (TPSA) is 4.41 Å². The fourth-order valence-electron chi connectivity index (χ4n) is 11.2. The quantitative estimate of drug-likeness (QED) is 0.158. The Labute approximate surface area is 332 Å². The fraction of sp³-hybridized carbons (Fsp3) is 0.0182. The zero-order valence-corrected chi connectivity index (χ0v) is 31.6. The summed E-state index contributed by atoms with van der Waals surface area (Å²) < 4.78 is 5.22. The van der Waals surface area contributed by atoms with E-state index in [4.69, 9.17) is 0 Å². The van der Waals surface area contributed by atoms with Crippen molar-refractivity contribution in [1.29, 1.82) is 0 Å². The van der Waals surface area contributed by atoms with E-state index in [1.807, 2.05) is 11.3 Å². The number of rotatable bonds is 1. The smallest absolute Gasteiger partial charge is 0.0725 e. The average Bonchev–Trinajstić information content (AvgIpc) is 4.00. The third kappa shape index (κ3) is 3.62. The second-order valence-corrected chi connectivity index (χ2v) is 17.0. The molecule has 0 saturated heterocycles. The molecule has 12 aromatic rings. The van der Waals surface area contributed by atoms with Gasteiger partial charge in [-0.15, -0.1) is 11.3 Å². The van der Waals surface area contributed by atoms with Crippen LogP contribution in [0.1, 0.15) is 22.3 Å². The zero-order chi connectivity index (χ0) is 37.0. The molecule has 0 bridgehead atoms. The van der Waals surface area contributed by atoms with Gasteiger partial charge in [-0.05, 0) is 108 Å². The number of aromatic nitrogens is 1. The summed E-state index contributed by atoms with van der Waals surface area (Å²) in [6.45, 7) is 0. The van der Waals surface area contributed by atoms with Gasteiger partial charge in [0.05, 0.1) is 22.0 Å². The molecule has 0 N–H and O–H groups in total. The largest absolute Gasteiger partial charge is 0.308 e. The Morgan fingerprint density at radius 2 is 0.842 bits per heavy atom. The average molecular weight is 738 g/mol. The highest BCUT2D eigenvalue weighted by Gasteiger charge is 2.51. The van der Waals surface area contributed by atoms with Crippen molar-refractivity contribution in [3.63, 3.8) is 0 Å². The molecule has 0 atom stereocenters. The van der Waals surface area contributed by atoms with Gasteiger partial charge >= 0.3 is 0 Å². The van der Waals surface area contributed by atoms with Gasteiger partial charge in [0.2, 0.25) is 0 Å². The van der Waals surface area contributed by atoms with E-state index in [2.05, 4.69) is 192 Å². The van der Waals surface area contributed by atoms with Crippen molar-refractivity contribution >= 4 is 80.4 Å². The van der Waals surface area contributed by atoms with E-state index in [1.165, 1.54) is 125 Å². The van der Waals surface area contributed by atoms with Crippen molar-refractivity contribution < 1.29 is 0 Å². The predicted molar refractivity (Wildman–Crippen MR) is 242 cm³/mol. The summed E-state index contributed by atoms with van der Waals surface area (Å²) in [6.07, 6.45) is 0. The third-order valence-electron chi connectivity index (χ3n) is 13.4. The molecule has 3 aromatic heterocycles. The molecule has 14 rings (SSSR count). The molecule has 2 aliphatic rings. The highest BCUT2D eigenvalue weighted by molar-refractivity contribution is 7.26. The molecule has 0 saturated carbocycles. The van der Waals surface area contributed by atoms with Crippen LogP contribution >= 0.6 is 11.3 Å². The first kappa shape index (κ1) is 30.2. The van der Waals surface area contributed by atoms with Gasteiger partial charge in [0, 0.05) is 36.3 Å². The molecule has 1 spiro atoms. The van der Waals surface area contributed by atoms with Gasteiger partial charge in [0.25, 0.3) is 0 Å². The number of thiophene rings is 1. The number of nitrogens with zero attached hydrogens (tertiary/aromatic N) is 1. The second-order valence-electron chi connectivity index (χ2n) is 15.9. The number of benzene rings is 9. The molecule has 0 radical (unpaired) electrons. The molecule has 262 valence electrons. The minimum atomic E-state index is -0.369. The van der Waals surface area contributed by atoms with Gasteiger partial charge in [-0.2, -0.15) is 0 Å². The normalized spacial score (nSPS) is 13.8. The van der Waals surface area contributed by atoms with Crippen LogP contribution in [0.15, 0.2) is 188 Å². The minimum absolute atomic E-state index is 0.369. The third-order valence-corrected chi connectivity index (χ3v) is 14.5. The van der Waals surface area contributed by atoms with Crippen LogP contribution in [-0.4, -0.2) is 4.40 Å². The molecule has 3 heterocycles. The Hall–Kier alpha value is -7.00. The summed E-state index contributed by atoms with van der Waals surface area (Å²) in [6, 6.07) is 71.3. The molecular weight excluding hydrogens is 707 g/mol. The van der Waals surface area contributed by atoms with E-state index in [-0.39, 0.29) is 5.41 Å². The molecule has 2 aliphatic carbocycles. The van der Waals surface area contributed by atoms with Crippen molar-refractivity contribution in [2.45, 2.75) is 5.41 Å². The Morgan fingerprint density at radius 3 is 1.56 bits per heavy atom. The van der Waals surface area contributed by atoms with Crippen LogP contribution in [-0.2, 0) is 5.41 Å². The summed E-state index contributed by atoms with van der Waals surface area (Å²) in [5, 5.41) is 10.4. The predicted octanol–water partition coefficient (Wildman–Crippen LogP) is 14.9. The van der Waals surface area contributed by atoms with E-state index in [1.54, 1.807) is 0 Å². The number of hydrogen-bond donors (Lipinski definition) is 0. The van der Waals surface area contributed by atoms with Crippen molar-refractivity contribution in [2.75, 3.05) is 0 Å². The lowest BCUT2D eigenvalue weighted by Gasteiger charge is -2.30. The van der Waals surface area contributed by atoms with E-state index in [9.17, 15) is 0 Å². The summed E-state index contributed by atoms with van der Waals surface area (Å²) in [5.74, 6) is 0. The lowest BCUT2D eigenvalue weighted by atomic mass is 9.70. The van der Waals surface area contributed by atoms with Crippen molar-refractivity contribution in [3.05, 3.63) is 210 Å². The zero-order valence-electron chi connectivity index (χ0n) is 30.8. The summed E-state index contributed by atoms with van der Waals surface area (Å²) >= 11 is 1.90. The number of para-hydroxylation sites is 1. The van der Waals surface area contributed by atoms with Gasteiger partial charge in [-0.1, -0.05) is 152 Å². The molecule has 0 fully saturated rings. The van der Waals surface area contributed by atoms with Crippen LogP contribution in [0.2, 0.25) is 0 Å². The van der Waals surface area contributed by atoms with Crippen LogP contribution in [0, 0.1) is 0 Å². The van der Waals surface area contributed by atoms with Crippen molar-refractivity contribution in [2.24, 2.45) is 0 Å². The number of fused-ring (bicyclic) bond motifs is 17. The second kappa shape index (κ2) is 10.6. The maximum atomic E-state index is 2.57. The summed E-state index contributed by atoms with van der Waals surface area (Å²) in [4.78, 5) is 0. The van der Waals surface area contributed by atoms with Crippen molar-refractivity contribution in [1.82, 2.24) is 4.40 Å². The standard InChI is InChI=1S/C55H31NS/c1-2-13-35-34(12-1)40-17-10-24-50-52(40)53-49(23-11-25-51(53)57-50)56-48-29-27-32(30-43(48)42-19-9-18-41(35)54(42)56)33-26-28-39-38-16-5-8-22-46(38)55(47(39)31-33)44-20-6-3-14-36(44)37-15-4-7-21-45(37)55/h1-31H. The lowest BCUT2D eigenvalue weighted by molar-refractivity contribution is 0.794. The molecule has 57 heavy (non-hydrogen) atoms. The van der Waals surface area contributed by atoms with Gasteiger partial charge < -0.3 is 4.40 Å². The maximum Gasteiger partial charge on any atom is 0.0725 e. The van der Waals surface area contributed by atoms with E-state index >= 15 is 0 Å². The van der Waals surface area contributed by atoms with E-state index < -0.39 is 0 Å². The fourth-order valence-corrected chi connectivity index (χ4v) is 12.4. The monoisotopic (exact) mass is 737 g/mol. The van der Waals surface area contributed by atoms with Gasteiger partial charge in [-0.3, -0.25) is 0 Å². The lowest BCUT2D eigenvalue weighted by Crippen LogP contribution is -2.25. The van der Waals surface area contributed by atoms with Gasteiger partial charge in [-0.25, -0.2) is 0 Å². The summed E-state index contributed by atoms with van der Waals surface area (Å²) in [5.41, 5.74) is 16.7. The molecule has 1 nitrogen and oxygen atoms in total. The number of hydrogen-bond acceptors (Lipinski definition) is 1. The van der Waals surface area contributed by atoms with Crippen LogP contribution < -0.4 is 0 Å². The van der Waals surface area contributed by atoms with Crippen LogP contribution in [0.4, 0.5) is 0 Å². The first-order chi connectivity index (χ1) is 28.3. The Kier molecular flexibility index (Phi) is 5.65. The Balaban J connectivity index is 1.09. The first-order valence-corrected chi connectivity index (χ1v) is 20.7. The molecule has 0 aliphatic heterocycles.